The molecule has 114 valence electrons. The lowest BCUT2D eigenvalue weighted by molar-refractivity contribution is -0.133. The number of ether oxygens (including phenoxy) is 1. The number of nitrogens with one attached hydrogen (secondary N) is 1. The highest BCUT2D eigenvalue weighted by Gasteiger charge is 2.47. The van der Waals surface area contributed by atoms with Gasteiger partial charge >= 0.3 is 0 Å². The summed E-state index contributed by atoms with van der Waals surface area (Å²) in [6, 6.07) is 4.46. The van der Waals surface area contributed by atoms with Gasteiger partial charge in [0.1, 0.15) is 17.6 Å². The molecule has 4 nitrogen and oxygen atoms in total. The average molecular weight is 358 g/mol. The Morgan fingerprint density at radius 1 is 1.57 bits per heavy atom. The van der Waals surface area contributed by atoms with Crippen molar-refractivity contribution in [2.75, 3.05) is 6.61 Å². The summed E-state index contributed by atoms with van der Waals surface area (Å²) < 4.78 is 20.6. The molecule has 0 radical (unpaired) electrons. The van der Waals surface area contributed by atoms with Gasteiger partial charge in [-0.3, -0.25) is 4.79 Å². The quantitative estimate of drug-likeness (QED) is 0.845. The smallest absolute Gasteiger partial charge is 0.217 e. The number of rotatable bonds is 3. The molecule has 3 atom stereocenters. The van der Waals surface area contributed by atoms with E-state index in [9.17, 15) is 14.0 Å². The van der Waals surface area contributed by atoms with Crippen LogP contribution in [0.4, 0.5) is 4.39 Å². The van der Waals surface area contributed by atoms with E-state index in [1.54, 1.807) is 12.1 Å². The van der Waals surface area contributed by atoms with Gasteiger partial charge in [-0.25, -0.2) is 4.39 Å². The van der Waals surface area contributed by atoms with Crippen molar-refractivity contribution >= 4 is 28.1 Å². The zero-order chi connectivity index (χ0) is 15.6. The second kappa shape index (κ2) is 6.23. The molecule has 6 heteroatoms. The van der Waals surface area contributed by atoms with Crippen molar-refractivity contribution in [1.29, 1.82) is 0 Å². The number of hydrogen-bond acceptors (Lipinski definition) is 3. The van der Waals surface area contributed by atoms with E-state index >= 15 is 0 Å². The van der Waals surface area contributed by atoms with Crippen LogP contribution in [0.5, 0.6) is 0 Å². The summed E-state index contributed by atoms with van der Waals surface area (Å²) in [5.41, 5.74) is -0.912. The standard InChI is InChI=1S/C15H17BrFNO3/c1-9-5-11(7-19)15(8-21-9,18-10(2)20)13-6-12(16)3-4-14(13)17/h3-4,6-7,9,11H,5,8H2,1-2H3,(H,18,20)/t9-,11-,15-/m0/s1. The summed E-state index contributed by atoms with van der Waals surface area (Å²) in [7, 11) is 0. The molecule has 1 saturated heterocycles. The predicted molar refractivity (Wildman–Crippen MR) is 79.2 cm³/mol. The molecule has 1 N–H and O–H groups in total. The molecule has 1 aliphatic rings. The fourth-order valence-corrected chi connectivity index (χ4v) is 3.17. The molecule has 0 saturated carbocycles. The summed E-state index contributed by atoms with van der Waals surface area (Å²) >= 11 is 3.30. The third kappa shape index (κ3) is 3.16. The molecule has 1 amide bonds. The third-order valence-electron chi connectivity index (χ3n) is 3.79. The molecule has 0 aromatic heterocycles. The van der Waals surface area contributed by atoms with Crippen LogP contribution in [0, 0.1) is 11.7 Å². The van der Waals surface area contributed by atoms with Crippen LogP contribution in [0.1, 0.15) is 25.8 Å². The van der Waals surface area contributed by atoms with E-state index in [0.717, 1.165) is 6.29 Å². The molecule has 1 heterocycles. The van der Waals surface area contributed by atoms with Gasteiger partial charge in [0.05, 0.1) is 12.7 Å². The molecule has 1 fully saturated rings. The lowest BCUT2D eigenvalue weighted by Crippen LogP contribution is -2.58. The molecule has 0 spiro atoms. The minimum absolute atomic E-state index is 0.0600. The lowest BCUT2D eigenvalue weighted by Gasteiger charge is -2.44. The van der Waals surface area contributed by atoms with Crippen LogP contribution in [-0.2, 0) is 19.9 Å². The summed E-state index contributed by atoms with van der Waals surface area (Å²) in [6.07, 6.45) is 1.09. The SMILES string of the molecule is CC(=O)N[C@@]1(c2cc(Br)ccc2F)CO[C@@H](C)C[C@H]1C=O. The number of hydrogen-bond donors (Lipinski definition) is 1. The zero-order valence-corrected chi connectivity index (χ0v) is 13.4. The Morgan fingerprint density at radius 3 is 2.90 bits per heavy atom. The van der Waals surface area contributed by atoms with Crippen molar-refractivity contribution in [2.24, 2.45) is 5.92 Å². The van der Waals surface area contributed by atoms with Crippen LogP contribution in [0.15, 0.2) is 22.7 Å². The van der Waals surface area contributed by atoms with E-state index in [4.69, 9.17) is 4.74 Å². The molecule has 1 aromatic rings. The van der Waals surface area contributed by atoms with Crippen molar-refractivity contribution in [3.63, 3.8) is 0 Å². The first-order chi connectivity index (χ1) is 9.89. The molecule has 2 rings (SSSR count). The lowest BCUT2D eigenvalue weighted by atomic mass is 9.74. The Morgan fingerprint density at radius 2 is 2.29 bits per heavy atom. The van der Waals surface area contributed by atoms with E-state index in [0.29, 0.717) is 10.9 Å². The average Bonchev–Trinajstić information content (AvgIpc) is 2.43. The number of aldehydes is 1. The summed E-state index contributed by atoms with van der Waals surface area (Å²) in [6.45, 7) is 3.26. The number of halogens is 2. The molecule has 0 bridgehead atoms. The largest absolute Gasteiger partial charge is 0.376 e. The fraction of sp³-hybridized carbons (Fsp3) is 0.467. The maximum Gasteiger partial charge on any atom is 0.217 e. The maximum atomic E-state index is 14.3. The van der Waals surface area contributed by atoms with Gasteiger partial charge in [-0.2, -0.15) is 0 Å². The van der Waals surface area contributed by atoms with Gasteiger partial charge in [0, 0.05) is 22.9 Å². The van der Waals surface area contributed by atoms with Crippen LogP contribution < -0.4 is 5.32 Å². The Hall–Kier alpha value is -1.27. The molecule has 1 aromatic carbocycles. The number of benzene rings is 1. The fourth-order valence-electron chi connectivity index (χ4n) is 2.81. The van der Waals surface area contributed by atoms with Crippen LogP contribution in [0.3, 0.4) is 0 Å². The molecule has 1 aliphatic heterocycles. The molecular weight excluding hydrogens is 341 g/mol. The van der Waals surface area contributed by atoms with Crippen molar-refractivity contribution < 1.29 is 18.7 Å². The first kappa shape index (κ1) is 16.1. The highest BCUT2D eigenvalue weighted by Crippen LogP contribution is 2.39. The third-order valence-corrected chi connectivity index (χ3v) is 4.28. The topological polar surface area (TPSA) is 55.4 Å². The van der Waals surface area contributed by atoms with E-state index < -0.39 is 17.3 Å². The van der Waals surface area contributed by atoms with Crippen LogP contribution in [-0.4, -0.2) is 24.9 Å². The highest BCUT2D eigenvalue weighted by molar-refractivity contribution is 9.10. The van der Waals surface area contributed by atoms with E-state index in [1.165, 1.54) is 13.0 Å². The molecular formula is C15H17BrFNO3. The minimum atomic E-state index is -1.17. The van der Waals surface area contributed by atoms with Gasteiger partial charge in [0.2, 0.25) is 5.91 Å². The second-order valence-electron chi connectivity index (χ2n) is 5.38. The summed E-state index contributed by atoms with van der Waals surface area (Å²) in [4.78, 5) is 23.1. The number of carbonyl (C=O) groups excluding carboxylic acids is 2. The number of amides is 1. The van der Waals surface area contributed by atoms with Crippen molar-refractivity contribution in [1.82, 2.24) is 5.32 Å². The summed E-state index contributed by atoms with van der Waals surface area (Å²) in [5.74, 6) is -1.36. The molecule has 0 unspecified atom stereocenters. The van der Waals surface area contributed by atoms with Gasteiger partial charge in [-0.15, -0.1) is 0 Å². The Labute approximate surface area is 131 Å². The van der Waals surface area contributed by atoms with Crippen molar-refractivity contribution in [3.05, 3.63) is 34.1 Å². The normalized spacial score (nSPS) is 29.0. The zero-order valence-electron chi connectivity index (χ0n) is 11.9. The van der Waals surface area contributed by atoms with E-state index in [-0.39, 0.29) is 24.2 Å². The van der Waals surface area contributed by atoms with Crippen LogP contribution in [0.25, 0.3) is 0 Å². The predicted octanol–water partition coefficient (Wildman–Crippen LogP) is 2.54. The van der Waals surface area contributed by atoms with Gasteiger partial charge in [-0.1, -0.05) is 15.9 Å². The monoisotopic (exact) mass is 357 g/mol. The Kier molecular flexibility index (Phi) is 4.78. The van der Waals surface area contributed by atoms with Crippen LogP contribution in [0.2, 0.25) is 0 Å². The van der Waals surface area contributed by atoms with Gasteiger partial charge < -0.3 is 14.8 Å². The van der Waals surface area contributed by atoms with Gasteiger partial charge in [0.25, 0.3) is 0 Å². The van der Waals surface area contributed by atoms with E-state index in [2.05, 4.69) is 21.2 Å². The first-order valence-electron chi connectivity index (χ1n) is 6.70. The van der Waals surface area contributed by atoms with Crippen LogP contribution >= 0.6 is 15.9 Å². The Bertz CT molecular complexity index is 566. The maximum absolute atomic E-state index is 14.3. The first-order valence-corrected chi connectivity index (χ1v) is 7.49. The van der Waals surface area contributed by atoms with Crippen molar-refractivity contribution in [3.8, 4) is 0 Å². The minimum Gasteiger partial charge on any atom is -0.376 e. The van der Waals surface area contributed by atoms with Gasteiger partial charge in [-0.05, 0) is 31.5 Å². The Balaban J connectivity index is 2.57. The van der Waals surface area contributed by atoms with Crippen molar-refractivity contribution in [2.45, 2.75) is 31.9 Å². The highest BCUT2D eigenvalue weighted by atomic mass is 79.9. The number of carbonyl (C=O) groups is 2. The second-order valence-corrected chi connectivity index (χ2v) is 6.29. The van der Waals surface area contributed by atoms with Gasteiger partial charge in [0.15, 0.2) is 0 Å². The molecule has 21 heavy (non-hydrogen) atoms. The summed E-state index contributed by atoms with van der Waals surface area (Å²) in [5, 5.41) is 2.75. The molecule has 0 aliphatic carbocycles. The van der Waals surface area contributed by atoms with E-state index in [1.807, 2.05) is 6.92 Å².